The maximum absolute atomic E-state index is 12.0. The van der Waals surface area contributed by atoms with Crippen LogP contribution in [-0.2, 0) is 4.79 Å². The number of anilines is 2. The van der Waals surface area contributed by atoms with E-state index in [1.165, 1.54) is 0 Å². The number of likely N-dealkylation sites (N-methyl/N-ethyl adjacent to an activating group) is 1. The largest absolute Gasteiger partial charge is 0.348 e. The van der Waals surface area contributed by atoms with E-state index < -0.39 is 0 Å². The van der Waals surface area contributed by atoms with Gasteiger partial charge in [-0.15, -0.1) is 0 Å². The van der Waals surface area contributed by atoms with Gasteiger partial charge in [0.1, 0.15) is 5.82 Å². The molecule has 1 N–H and O–H groups in total. The standard InChI is InChI=1S/C19H26N6O/c1-14-6-4-8-21-18(14)23-19-17(20-9-10-22-19)15-7-5-11-25(12-15)13-16(26)24(2)3/h4,6,8-10,15H,5,7,11-13H2,1-3H3,(H,21,22,23)/t15-/m0/s1. The highest BCUT2D eigenvalue weighted by atomic mass is 16.2. The van der Waals surface area contributed by atoms with Crippen LogP contribution in [0.2, 0.25) is 0 Å². The molecule has 1 fully saturated rings. The molecule has 2 aromatic heterocycles. The van der Waals surface area contributed by atoms with Crippen molar-refractivity contribution in [3.63, 3.8) is 0 Å². The first-order valence-corrected chi connectivity index (χ1v) is 8.96. The number of piperidine rings is 1. The third-order valence-corrected chi connectivity index (χ3v) is 4.72. The number of nitrogens with zero attached hydrogens (tertiary/aromatic N) is 5. The summed E-state index contributed by atoms with van der Waals surface area (Å²) in [5.41, 5.74) is 2.01. The second-order valence-corrected chi connectivity index (χ2v) is 6.95. The lowest BCUT2D eigenvalue weighted by atomic mass is 9.94. The molecule has 0 aromatic carbocycles. The van der Waals surface area contributed by atoms with Gasteiger partial charge in [-0.2, -0.15) is 0 Å². The van der Waals surface area contributed by atoms with Crippen LogP contribution in [0.4, 0.5) is 11.6 Å². The number of hydrogen-bond acceptors (Lipinski definition) is 6. The van der Waals surface area contributed by atoms with Gasteiger partial charge in [0.2, 0.25) is 5.91 Å². The van der Waals surface area contributed by atoms with E-state index >= 15 is 0 Å². The number of likely N-dealkylation sites (tertiary alicyclic amines) is 1. The van der Waals surface area contributed by atoms with Crippen molar-refractivity contribution in [2.24, 2.45) is 0 Å². The van der Waals surface area contributed by atoms with Crippen LogP contribution in [0, 0.1) is 6.92 Å². The van der Waals surface area contributed by atoms with Gasteiger partial charge in [-0.1, -0.05) is 6.07 Å². The van der Waals surface area contributed by atoms with Crippen LogP contribution >= 0.6 is 0 Å². The summed E-state index contributed by atoms with van der Waals surface area (Å²) < 4.78 is 0. The molecule has 0 spiro atoms. The Balaban J connectivity index is 1.76. The molecular formula is C19H26N6O. The first-order valence-electron chi connectivity index (χ1n) is 8.96. The van der Waals surface area contributed by atoms with Crippen molar-refractivity contribution >= 4 is 17.5 Å². The lowest BCUT2D eigenvalue weighted by Crippen LogP contribution is -2.41. The molecular weight excluding hydrogens is 328 g/mol. The van der Waals surface area contributed by atoms with Gasteiger partial charge in [-0.05, 0) is 37.9 Å². The van der Waals surface area contributed by atoms with Crippen LogP contribution in [-0.4, -0.2) is 64.4 Å². The Kier molecular flexibility index (Phi) is 5.78. The zero-order valence-corrected chi connectivity index (χ0v) is 15.6. The molecule has 0 radical (unpaired) electrons. The van der Waals surface area contributed by atoms with Gasteiger partial charge in [0.05, 0.1) is 12.2 Å². The number of hydrogen-bond donors (Lipinski definition) is 1. The number of nitrogens with one attached hydrogen (secondary N) is 1. The molecule has 1 amide bonds. The van der Waals surface area contributed by atoms with Gasteiger partial charge in [0, 0.05) is 45.1 Å². The molecule has 7 nitrogen and oxygen atoms in total. The van der Waals surface area contributed by atoms with Crippen LogP contribution in [0.1, 0.15) is 30.0 Å². The fraction of sp³-hybridized carbons (Fsp3) is 0.474. The predicted molar refractivity (Wildman–Crippen MR) is 101 cm³/mol. The second kappa shape index (κ2) is 8.23. The molecule has 3 rings (SSSR count). The molecule has 7 heteroatoms. The Labute approximate surface area is 154 Å². The van der Waals surface area contributed by atoms with E-state index in [0.29, 0.717) is 6.54 Å². The number of carbonyl (C=O) groups excluding carboxylic acids is 1. The maximum Gasteiger partial charge on any atom is 0.236 e. The molecule has 1 saturated heterocycles. The zero-order valence-electron chi connectivity index (χ0n) is 15.6. The van der Waals surface area contributed by atoms with Crippen molar-refractivity contribution in [1.29, 1.82) is 0 Å². The Morgan fingerprint density at radius 2 is 2.00 bits per heavy atom. The number of amides is 1. The highest BCUT2D eigenvalue weighted by Gasteiger charge is 2.26. The molecule has 0 unspecified atom stereocenters. The first kappa shape index (κ1) is 18.3. The Hall–Kier alpha value is -2.54. The van der Waals surface area contributed by atoms with Crippen LogP contribution in [0.15, 0.2) is 30.7 Å². The van der Waals surface area contributed by atoms with Crippen molar-refractivity contribution in [2.75, 3.05) is 39.0 Å². The fourth-order valence-corrected chi connectivity index (χ4v) is 3.23. The van der Waals surface area contributed by atoms with Crippen LogP contribution < -0.4 is 5.32 Å². The van der Waals surface area contributed by atoms with Crippen molar-refractivity contribution in [3.05, 3.63) is 42.0 Å². The monoisotopic (exact) mass is 354 g/mol. The number of carbonyl (C=O) groups is 1. The molecule has 0 saturated carbocycles. The Bertz CT molecular complexity index is 763. The van der Waals surface area contributed by atoms with Crippen molar-refractivity contribution in [3.8, 4) is 0 Å². The maximum atomic E-state index is 12.0. The average molecular weight is 354 g/mol. The van der Waals surface area contributed by atoms with Gasteiger partial charge < -0.3 is 10.2 Å². The summed E-state index contributed by atoms with van der Waals surface area (Å²) >= 11 is 0. The highest BCUT2D eigenvalue weighted by Crippen LogP contribution is 2.30. The first-order chi connectivity index (χ1) is 12.5. The summed E-state index contributed by atoms with van der Waals surface area (Å²) in [4.78, 5) is 29.4. The van der Waals surface area contributed by atoms with E-state index in [-0.39, 0.29) is 11.8 Å². The minimum Gasteiger partial charge on any atom is -0.348 e. The molecule has 0 aliphatic carbocycles. The second-order valence-electron chi connectivity index (χ2n) is 6.95. The lowest BCUT2D eigenvalue weighted by molar-refractivity contribution is -0.130. The Morgan fingerprint density at radius 3 is 2.77 bits per heavy atom. The molecule has 26 heavy (non-hydrogen) atoms. The Morgan fingerprint density at radius 1 is 1.23 bits per heavy atom. The van der Waals surface area contributed by atoms with Crippen molar-refractivity contribution in [2.45, 2.75) is 25.7 Å². The third kappa shape index (κ3) is 4.35. The van der Waals surface area contributed by atoms with E-state index in [2.05, 4.69) is 25.2 Å². The average Bonchev–Trinajstić information content (AvgIpc) is 2.64. The normalized spacial score (nSPS) is 17.7. The molecule has 1 aliphatic rings. The topological polar surface area (TPSA) is 74.2 Å². The highest BCUT2D eigenvalue weighted by molar-refractivity contribution is 5.77. The smallest absolute Gasteiger partial charge is 0.236 e. The van der Waals surface area contributed by atoms with E-state index in [1.807, 2.05) is 19.1 Å². The fourth-order valence-electron chi connectivity index (χ4n) is 3.23. The summed E-state index contributed by atoms with van der Waals surface area (Å²) in [6.07, 6.45) is 7.28. The SMILES string of the molecule is Cc1cccnc1Nc1nccnc1[C@H]1CCCN(CC(=O)N(C)C)C1. The quantitative estimate of drug-likeness (QED) is 0.887. The summed E-state index contributed by atoms with van der Waals surface area (Å²) in [6.45, 7) is 4.22. The summed E-state index contributed by atoms with van der Waals surface area (Å²) in [5.74, 6) is 1.93. The molecule has 2 aromatic rings. The predicted octanol–water partition coefficient (Wildman–Crippen LogP) is 2.19. The van der Waals surface area contributed by atoms with Crippen LogP contribution in [0.3, 0.4) is 0 Å². The molecule has 0 bridgehead atoms. The van der Waals surface area contributed by atoms with Crippen molar-refractivity contribution in [1.82, 2.24) is 24.8 Å². The summed E-state index contributed by atoms with van der Waals surface area (Å²) in [5, 5.41) is 3.33. The van der Waals surface area contributed by atoms with Gasteiger partial charge in [0.25, 0.3) is 0 Å². The van der Waals surface area contributed by atoms with Crippen LogP contribution in [0.5, 0.6) is 0 Å². The molecule has 1 atom stereocenters. The number of pyridine rings is 1. The van der Waals surface area contributed by atoms with Crippen molar-refractivity contribution < 1.29 is 4.79 Å². The van der Waals surface area contributed by atoms with E-state index in [4.69, 9.17) is 0 Å². The van der Waals surface area contributed by atoms with E-state index in [0.717, 1.165) is 48.8 Å². The third-order valence-electron chi connectivity index (χ3n) is 4.72. The molecule has 1 aliphatic heterocycles. The van der Waals surface area contributed by atoms with E-state index in [9.17, 15) is 4.79 Å². The number of aromatic nitrogens is 3. The summed E-state index contributed by atoms with van der Waals surface area (Å²) in [6, 6.07) is 3.93. The van der Waals surface area contributed by atoms with Gasteiger partial charge in [-0.25, -0.2) is 9.97 Å². The zero-order chi connectivity index (χ0) is 18.5. The minimum atomic E-state index is 0.132. The molecule has 138 valence electrons. The molecule has 3 heterocycles. The lowest BCUT2D eigenvalue weighted by Gasteiger charge is -2.33. The minimum absolute atomic E-state index is 0.132. The van der Waals surface area contributed by atoms with Gasteiger partial charge in [0.15, 0.2) is 5.82 Å². The van der Waals surface area contributed by atoms with Gasteiger partial charge in [-0.3, -0.25) is 14.7 Å². The van der Waals surface area contributed by atoms with Gasteiger partial charge >= 0.3 is 0 Å². The number of rotatable bonds is 5. The van der Waals surface area contributed by atoms with E-state index in [1.54, 1.807) is 37.6 Å². The van der Waals surface area contributed by atoms with Crippen LogP contribution in [0.25, 0.3) is 0 Å². The number of aryl methyl sites for hydroxylation is 1. The summed E-state index contributed by atoms with van der Waals surface area (Å²) in [7, 11) is 3.59.